The number of esters is 1. The molecule has 1 aliphatic heterocycles. The lowest BCUT2D eigenvalue weighted by molar-refractivity contribution is -0.133. The van der Waals surface area contributed by atoms with Crippen LogP contribution in [-0.4, -0.2) is 47.4 Å². The number of hydrogen-bond donors (Lipinski definition) is 2. The molecular weight excluding hydrogens is 426 g/mol. The van der Waals surface area contributed by atoms with Crippen molar-refractivity contribution in [2.45, 2.75) is 38.1 Å². The average Bonchev–Trinajstić information content (AvgIpc) is 3.48. The molecule has 0 atom stereocenters. The molecule has 1 spiro atoms. The van der Waals surface area contributed by atoms with Gasteiger partial charge in [0.25, 0.3) is 5.91 Å². The molecule has 2 aromatic rings. The molecule has 2 aromatic heterocycles. The van der Waals surface area contributed by atoms with E-state index in [1.54, 1.807) is 12.3 Å². The highest BCUT2D eigenvalue weighted by atomic mass is 32.1. The summed E-state index contributed by atoms with van der Waals surface area (Å²) in [6.45, 7) is 1.52. The van der Waals surface area contributed by atoms with Crippen LogP contribution >= 0.6 is 22.7 Å². The predicted molar refractivity (Wildman–Crippen MR) is 114 cm³/mol. The van der Waals surface area contributed by atoms with Crippen molar-refractivity contribution in [3.05, 3.63) is 28.5 Å². The molecule has 0 unspecified atom stereocenters. The average molecular weight is 448 g/mol. The standard InChI is InChI=1S/C20H21N3O5S2/c1-2-28-17(25)15-12(13-6-5-9-29-13)11-30-16(15)21-14(24)10-23-18(26)20(22-19(23)27)7-3-4-8-20/h5-6,9,11H,2-4,7-8,10H2,1H3,(H,21,24)(H,22,27). The zero-order chi connectivity index (χ0) is 21.3. The first-order valence-electron chi connectivity index (χ1n) is 9.71. The van der Waals surface area contributed by atoms with Gasteiger partial charge in [-0.1, -0.05) is 18.9 Å². The Kier molecular flexibility index (Phi) is 5.61. The van der Waals surface area contributed by atoms with Crippen molar-refractivity contribution in [1.29, 1.82) is 0 Å². The number of carbonyl (C=O) groups is 4. The Bertz CT molecular complexity index is 992. The fourth-order valence-corrected chi connectivity index (χ4v) is 5.70. The summed E-state index contributed by atoms with van der Waals surface area (Å²) >= 11 is 2.68. The Hall–Kier alpha value is -2.72. The zero-order valence-electron chi connectivity index (χ0n) is 16.4. The molecule has 2 N–H and O–H groups in total. The molecule has 0 bridgehead atoms. The van der Waals surface area contributed by atoms with Crippen molar-refractivity contribution in [2.75, 3.05) is 18.5 Å². The highest BCUT2D eigenvalue weighted by Crippen LogP contribution is 2.38. The van der Waals surface area contributed by atoms with E-state index in [1.165, 1.54) is 22.7 Å². The van der Waals surface area contributed by atoms with Crippen molar-refractivity contribution in [3.8, 4) is 10.4 Å². The van der Waals surface area contributed by atoms with Crippen LogP contribution in [0.1, 0.15) is 43.0 Å². The largest absolute Gasteiger partial charge is 0.462 e. The third-order valence-corrected chi connectivity index (χ3v) is 7.11. The molecule has 1 aliphatic carbocycles. The number of ether oxygens (including phenoxy) is 1. The van der Waals surface area contributed by atoms with Crippen LogP contribution in [0.25, 0.3) is 10.4 Å². The van der Waals surface area contributed by atoms with Crippen LogP contribution in [0, 0.1) is 0 Å². The van der Waals surface area contributed by atoms with Crippen molar-refractivity contribution in [3.63, 3.8) is 0 Å². The van der Waals surface area contributed by atoms with Gasteiger partial charge in [-0.3, -0.25) is 14.5 Å². The van der Waals surface area contributed by atoms with Gasteiger partial charge in [0.2, 0.25) is 5.91 Å². The molecule has 0 radical (unpaired) electrons. The van der Waals surface area contributed by atoms with Crippen molar-refractivity contribution >= 4 is 51.5 Å². The number of imide groups is 1. The van der Waals surface area contributed by atoms with E-state index in [-0.39, 0.29) is 18.1 Å². The molecular formula is C20H21N3O5S2. The van der Waals surface area contributed by atoms with E-state index in [4.69, 9.17) is 4.74 Å². The van der Waals surface area contributed by atoms with Gasteiger partial charge in [0.15, 0.2) is 0 Å². The van der Waals surface area contributed by atoms with E-state index in [0.29, 0.717) is 23.4 Å². The molecule has 2 fully saturated rings. The number of carbonyl (C=O) groups excluding carboxylic acids is 4. The van der Waals surface area contributed by atoms with Gasteiger partial charge in [0.05, 0.1) is 6.61 Å². The molecule has 0 aromatic carbocycles. The number of urea groups is 1. The van der Waals surface area contributed by atoms with Crippen LogP contribution in [0.3, 0.4) is 0 Å². The first kappa shape index (κ1) is 20.5. The maximum absolute atomic E-state index is 12.7. The van der Waals surface area contributed by atoms with Gasteiger partial charge in [-0.05, 0) is 31.2 Å². The maximum Gasteiger partial charge on any atom is 0.341 e. The molecule has 2 aliphatic rings. The Morgan fingerprint density at radius 3 is 2.70 bits per heavy atom. The summed E-state index contributed by atoms with van der Waals surface area (Å²) < 4.78 is 5.17. The number of anilines is 1. The van der Waals surface area contributed by atoms with Gasteiger partial charge in [0, 0.05) is 15.8 Å². The second kappa shape index (κ2) is 8.19. The molecule has 158 valence electrons. The molecule has 30 heavy (non-hydrogen) atoms. The SMILES string of the molecule is CCOC(=O)c1c(-c2cccs2)csc1NC(=O)CN1C(=O)NC2(CCCC2)C1=O. The minimum Gasteiger partial charge on any atom is -0.462 e. The van der Waals surface area contributed by atoms with Gasteiger partial charge in [-0.25, -0.2) is 9.59 Å². The molecule has 8 nitrogen and oxygen atoms in total. The smallest absolute Gasteiger partial charge is 0.341 e. The lowest BCUT2D eigenvalue weighted by Gasteiger charge is -2.19. The summed E-state index contributed by atoms with van der Waals surface area (Å²) in [6.07, 6.45) is 2.93. The van der Waals surface area contributed by atoms with E-state index in [2.05, 4.69) is 10.6 Å². The van der Waals surface area contributed by atoms with E-state index in [0.717, 1.165) is 22.6 Å². The summed E-state index contributed by atoms with van der Waals surface area (Å²) in [5.74, 6) is -1.42. The number of hydrogen-bond acceptors (Lipinski definition) is 7. The van der Waals surface area contributed by atoms with E-state index >= 15 is 0 Å². The minimum absolute atomic E-state index is 0.205. The fourth-order valence-electron chi connectivity index (χ4n) is 3.92. The highest BCUT2D eigenvalue weighted by molar-refractivity contribution is 7.17. The first-order chi connectivity index (χ1) is 14.4. The third kappa shape index (κ3) is 3.61. The van der Waals surface area contributed by atoms with Crippen LogP contribution in [0.15, 0.2) is 22.9 Å². The number of amides is 4. The van der Waals surface area contributed by atoms with E-state index in [9.17, 15) is 19.2 Å². The first-order valence-corrected chi connectivity index (χ1v) is 11.5. The topological polar surface area (TPSA) is 105 Å². The third-order valence-electron chi connectivity index (χ3n) is 5.31. The normalized spacial score (nSPS) is 17.4. The monoisotopic (exact) mass is 447 g/mol. The maximum atomic E-state index is 12.7. The second-order valence-electron chi connectivity index (χ2n) is 7.21. The van der Waals surface area contributed by atoms with Gasteiger partial charge >= 0.3 is 12.0 Å². The van der Waals surface area contributed by atoms with Gasteiger partial charge in [-0.15, -0.1) is 22.7 Å². The lowest BCUT2D eigenvalue weighted by Crippen LogP contribution is -2.44. The Labute approximate surface area is 181 Å². The molecule has 10 heteroatoms. The molecule has 3 heterocycles. The lowest BCUT2D eigenvalue weighted by atomic mass is 9.98. The van der Waals surface area contributed by atoms with Crippen LogP contribution in [0.2, 0.25) is 0 Å². The molecule has 1 saturated heterocycles. The van der Waals surface area contributed by atoms with Crippen LogP contribution in [-0.2, 0) is 14.3 Å². The van der Waals surface area contributed by atoms with Crippen molar-refractivity contribution in [1.82, 2.24) is 10.2 Å². The number of thiophene rings is 2. The minimum atomic E-state index is -0.858. The van der Waals surface area contributed by atoms with E-state index in [1.807, 2.05) is 17.5 Å². The quantitative estimate of drug-likeness (QED) is 0.521. The summed E-state index contributed by atoms with van der Waals surface area (Å²) in [4.78, 5) is 52.1. The number of nitrogens with one attached hydrogen (secondary N) is 2. The second-order valence-corrected chi connectivity index (χ2v) is 9.04. The van der Waals surface area contributed by atoms with E-state index < -0.39 is 30.0 Å². The Morgan fingerprint density at radius 2 is 2.03 bits per heavy atom. The molecule has 1 saturated carbocycles. The number of rotatable bonds is 6. The summed E-state index contributed by atoms with van der Waals surface area (Å²) in [5, 5.41) is 9.47. The predicted octanol–water partition coefficient (Wildman–Crippen LogP) is 3.46. The van der Waals surface area contributed by atoms with Crippen LogP contribution in [0.5, 0.6) is 0 Å². The summed E-state index contributed by atoms with van der Waals surface area (Å²) in [6, 6.07) is 3.21. The van der Waals surface area contributed by atoms with Crippen LogP contribution in [0.4, 0.5) is 9.80 Å². The Morgan fingerprint density at radius 1 is 1.27 bits per heavy atom. The summed E-state index contributed by atoms with van der Waals surface area (Å²) in [5.41, 5.74) is 0.105. The highest BCUT2D eigenvalue weighted by Gasteiger charge is 2.52. The Balaban J connectivity index is 1.53. The van der Waals surface area contributed by atoms with Gasteiger partial charge in [0.1, 0.15) is 22.6 Å². The van der Waals surface area contributed by atoms with Crippen molar-refractivity contribution < 1.29 is 23.9 Å². The van der Waals surface area contributed by atoms with Crippen LogP contribution < -0.4 is 10.6 Å². The molecule has 4 rings (SSSR count). The van der Waals surface area contributed by atoms with Gasteiger partial charge < -0.3 is 15.4 Å². The zero-order valence-corrected chi connectivity index (χ0v) is 18.0. The fraction of sp³-hybridized carbons (Fsp3) is 0.400. The number of nitrogens with zero attached hydrogens (tertiary/aromatic N) is 1. The van der Waals surface area contributed by atoms with Crippen molar-refractivity contribution in [2.24, 2.45) is 0 Å². The molecule has 4 amide bonds. The summed E-state index contributed by atoms with van der Waals surface area (Å²) in [7, 11) is 0. The van der Waals surface area contributed by atoms with Gasteiger partial charge in [-0.2, -0.15) is 0 Å².